The van der Waals surface area contributed by atoms with Crippen LogP contribution in [-0.2, 0) is 49.6 Å². The van der Waals surface area contributed by atoms with Gasteiger partial charge in [0.15, 0.2) is 0 Å². The number of aliphatic hydroxyl groups is 1. The molecule has 418 valence electrons. The Balaban J connectivity index is 2.68. The van der Waals surface area contributed by atoms with Crippen LogP contribution in [0.4, 0.5) is 0 Å². The van der Waals surface area contributed by atoms with Gasteiger partial charge < -0.3 is 75.9 Å². The maximum Gasteiger partial charge on any atom is 0.243 e. The van der Waals surface area contributed by atoms with Gasteiger partial charge in [-0.1, -0.05) is 97.1 Å². The van der Waals surface area contributed by atoms with Gasteiger partial charge in [0.05, 0.1) is 12.5 Å². The first kappa shape index (κ1) is 64.4. The molecule has 1 aliphatic heterocycles. The first-order valence-electron chi connectivity index (χ1n) is 26.5. The van der Waals surface area contributed by atoms with E-state index in [0.717, 1.165) is 32.1 Å². The number of rotatable bonds is 25. The highest BCUT2D eigenvalue weighted by molar-refractivity contribution is 5.98. The molecular formula is C51H89N13O10. The molecule has 0 aromatic heterocycles. The fraction of sp³-hybridized carbons (Fsp3) is 0.706. The number of benzene rings is 1. The SMILES string of the molecule is CCCCCCC[C@@H](O)CC(=O)N[C@@H](CCN)C(=O)N[C@H]1CCNC(=O)[C@H](CC(C)C)NC(=O)[C@H](CCN)NC(=O)[C@H](CCN)NC(=O)[C@H](CC(C)C)NC(=O)[C@@H](Cc2ccccc2)NC(=O)[C@H](CCN)NC1=O. The number of hydrogen-bond acceptors (Lipinski definition) is 14. The summed E-state index contributed by atoms with van der Waals surface area (Å²) in [6, 6.07) is -1.57. The Morgan fingerprint density at radius 1 is 0.595 bits per heavy atom. The lowest BCUT2D eigenvalue weighted by molar-refractivity contribution is -0.136. The number of carbonyl (C=O) groups is 9. The average molecular weight is 1040 g/mol. The molecule has 9 amide bonds. The van der Waals surface area contributed by atoms with E-state index in [4.69, 9.17) is 22.9 Å². The second kappa shape index (κ2) is 35.4. The summed E-state index contributed by atoms with van der Waals surface area (Å²) in [6.45, 7) is 8.90. The standard InChI is InChI=1S/C51H89N13O10/c1-6-7-8-9-13-16-34(65)30-43(66)57-35(17-22-52)45(68)61-39-21-26-56-44(67)40(27-31(2)3)62-47(70)37(19-24-54)58-46(69)36(18-23-53)60-50(73)41(28-32(4)5)63-51(74)42(29-33-14-11-10-12-15-33)64-48(71)38(20-25-55)59-49(39)72/h10-12,14-15,31-32,34-42,65H,6-9,13,16-30,52-55H2,1-5H3,(H,56,67)(H,57,66)(H,58,69)(H,59,72)(H,60,73)(H,61,68)(H,62,70)(H,63,74)(H,64,71)/t34-,35+,36+,37+,38+,39+,40+,41+,42-/m1/s1. The minimum Gasteiger partial charge on any atom is -0.393 e. The molecule has 0 bridgehead atoms. The van der Waals surface area contributed by atoms with Crippen molar-refractivity contribution in [2.45, 2.75) is 185 Å². The molecule has 0 unspecified atom stereocenters. The molecule has 0 saturated carbocycles. The number of unbranched alkanes of at least 4 members (excludes halogenated alkanes) is 4. The second-order valence-corrected chi connectivity index (χ2v) is 19.9. The van der Waals surface area contributed by atoms with E-state index in [-0.39, 0.29) is 102 Å². The number of aliphatic hydroxyl groups excluding tert-OH is 1. The Labute approximate surface area is 436 Å². The summed E-state index contributed by atoms with van der Waals surface area (Å²) in [7, 11) is 0. The Bertz CT molecular complexity index is 1930. The lowest BCUT2D eigenvalue weighted by atomic mass is 10.00. The Hall–Kier alpha value is -5.75. The summed E-state index contributed by atoms with van der Waals surface area (Å²) in [4.78, 5) is 126. The third-order valence-electron chi connectivity index (χ3n) is 12.4. The van der Waals surface area contributed by atoms with E-state index in [1.54, 1.807) is 30.3 Å². The number of nitrogens with two attached hydrogens (primary N) is 4. The smallest absolute Gasteiger partial charge is 0.243 e. The van der Waals surface area contributed by atoms with Crippen LogP contribution in [0.25, 0.3) is 0 Å². The molecule has 18 N–H and O–H groups in total. The quantitative estimate of drug-likeness (QED) is 0.0482. The minimum atomic E-state index is -1.47. The largest absolute Gasteiger partial charge is 0.393 e. The van der Waals surface area contributed by atoms with Gasteiger partial charge in [0.25, 0.3) is 0 Å². The average Bonchev–Trinajstić information content (AvgIpc) is 3.34. The Morgan fingerprint density at radius 2 is 1.05 bits per heavy atom. The first-order valence-corrected chi connectivity index (χ1v) is 26.5. The number of carbonyl (C=O) groups excluding carboxylic acids is 9. The summed E-state index contributed by atoms with van der Waals surface area (Å²) in [5.74, 6) is -7.07. The van der Waals surface area contributed by atoms with Crippen molar-refractivity contribution in [2.75, 3.05) is 32.7 Å². The van der Waals surface area contributed by atoms with E-state index in [2.05, 4.69) is 54.8 Å². The van der Waals surface area contributed by atoms with Crippen molar-refractivity contribution in [3.05, 3.63) is 35.9 Å². The van der Waals surface area contributed by atoms with E-state index in [9.17, 15) is 48.3 Å². The maximum atomic E-state index is 14.4. The summed E-state index contributed by atoms with van der Waals surface area (Å²) >= 11 is 0. The molecule has 1 aliphatic rings. The van der Waals surface area contributed by atoms with Crippen LogP contribution in [-0.4, -0.2) is 145 Å². The second-order valence-electron chi connectivity index (χ2n) is 19.9. The zero-order valence-corrected chi connectivity index (χ0v) is 44.3. The topological polar surface area (TPSA) is 386 Å². The van der Waals surface area contributed by atoms with Crippen LogP contribution in [0.2, 0.25) is 0 Å². The van der Waals surface area contributed by atoms with Crippen molar-refractivity contribution < 1.29 is 48.3 Å². The molecule has 9 atom stereocenters. The van der Waals surface area contributed by atoms with E-state index in [0.29, 0.717) is 12.0 Å². The predicted molar refractivity (Wildman–Crippen MR) is 281 cm³/mol. The van der Waals surface area contributed by atoms with E-state index < -0.39 is 108 Å². The molecule has 0 spiro atoms. The molecule has 23 heteroatoms. The van der Waals surface area contributed by atoms with Crippen molar-refractivity contribution >= 4 is 53.2 Å². The zero-order chi connectivity index (χ0) is 55.2. The van der Waals surface area contributed by atoms with Crippen LogP contribution >= 0.6 is 0 Å². The Kier molecular flexibility index (Phi) is 30.8. The number of hydrogen-bond donors (Lipinski definition) is 14. The van der Waals surface area contributed by atoms with Gasteiger partial charge in [-0.05, 0) is 94.9 Å². The van der Waals surface area contributed by atoms with Gasteiger partial charge in [-0.3, -0.25) is 43.2 Å². The summed E-state index contributed by atoms with van der Waals surface area (Å²) in [5.41, 5.74) is 24.2. The number of nitrogens with one attached hydrogen (secondary N) is 9. The molecule has 1 saturated heterocycles. The fourth-order valence-electron chi connectivity index (χ4n) is 8.40. The summed E-state index contributed by atoms with van der Waals surface area (Å²) in [5, 5.41) is 34.7. The van der Waals surface area contributed by atoms with E-state index >= 15 is 0 Å². The molecule has 1 fully saturated rings. The Morgan fingerprint density at radius 3 is 1.55 bits per heavy atom. The van der Waals surface area contributed by atoms with Crippen molar-refractivity contribution in [1.29, 1.82) is 0 Å². The third-order valence-corrected chi connectivity index (χ3v) is 12.4. The highest BCUT2D eigenvalue weighted by Crippen LogP contribution is 2.13. The van der Waals surface area contributed by atoms with Gasteiger partial charge in [-0.15, -0.1) is 0 Å². The summed E-state index contributed by atoms with van der Waals surface area (Å²) in [6.07, 6.45) is 3.59. The predicted octanol–water partition coefficient (Wildman–Crippen LogP) is -1.77. The van der Waals surface area contributed by atoms with Crippen LogP contribution in [0.3, 0.4) is 0 Å². The molecule has 1 aromatic carbocycles. The highest BCUT2D eigenvalue weighted by atomic mass is 16.3. The summed E-state index contributed by atoms with van der Waals surface area (Å²) < 4.78 is 0. The van der Waals surface area contributed by atoms with Gasteiger partial charge in [-0.2, -0.15) is 0 Å². The first-order chi connectivity index (χ1) is 35.3. The maximum absolute atomic E-state index is 14.4. The fourth-order valence-corrected chi connectivity index (χ4v) is 8.40. The molecule has 0 radical (unpaired) electrons. The van der Waals surface area contributed by atoms with Crippen LogP contribution in [0.15, 0.2) is 30.3 Å². The zero-order valence-electron chi connectivity index (χ0n) is 44.3. The van der Waals surface area contributed by atoms with Crippen LogP contribution in [0.5, 0.6) is 0 Å². The molecule has 2 rings (SSSR count). The van der Waals surface area contributed by atoms with Gasteiger partial charge in [0, 0.05) is 13.0 Å². The van der Waals surface area contributed by atoms with E-state index in [1.165, 1.54) is 0 Å². The van der Waals surface area contributed by atoms with Crippen molar-refractivity contribution in [3.63, 3.8) is 0 Å². The number of amides is 9. The molecule has 1 aromatic rings. The van der Waals surface area contributed by atoms with Crippen LogP contribution in [0, 0.1) is 11.8 Å². The van der Waals surface area contributed by atoms with Crippen LogP contribution < -0.4 is 70.8 Å². The van der Waals surface area contributed by atoms with E-state index in [1.807, 2.05) is 27.7 Å². The van der Waals surface area contributed by atoms with Gasteiger partial charge in [-0.25, -0.2) is 0 Å². The molecular weight excluding hydrogens is 955 g/mol. The molecule has 0 aliphatic carbocycles. The highest BCUT2D eigenvalue weighted by Gasteiger charge is 2.35. The van der Waals surface area contributed by atoms with Crippen molar-refractivity contribution in [3.8, 4) is 0 Å². The van der Waals surface area contributed by atoms with Gasteiger partial charge in [0.1, 0.15) is 48.3 Å². The van der Waals surface area contributed by atoms with Crippen molar-refractivity contribution in [2.24, 2.45) is 34.8 Å². The molecule has 1 heterocycles. The van der Waals surface area contributed by atoms with Crippen molar-refractivity contribution in [1.82, 2.24) is 47.9 Å². The lowest BCUT2D eigenvalue weighted by Gasteiger charge is -2.28. The van der Waals surface area contributed by atoms with Gasteiger partial charge in [0.2, 0.25) is 53.2 Å². The monoisotopic (exact) mass is 1040 g/mol. The lowest BCUT2D eigenvalue weighted by Crippen LogP contribution is -2.61. The normalized spacial score (nSPS) is 23.0. The minimum absolute atomic E-state index is 0.0440. The van der Waals surface area contributed by atoms with Crippen LogP contribution in [0.1, 0.15) is 130 Å². The van der Waals surface area contributed by atoms with Gasteiger partial charge >= 0.3 is 0 Å². The molecule has 23 nitrogen and oxygen atoms in total. The third kappa shape index (κ3) is 24.5. The molecule has 74 heavy (non-hydrogen) atoms.